The summed E-state index contributed by atoms with van der Waals surface area (Å²) in [6.07, 6.45) is 2.17. The first-order valence-corrected chi connectivity index (χ1v) is 11.3. The second-order valence-corrected chi connectivity index (χ2v) is 9.84. The molecule has 0 bridgehead atoms. The Labute approximate surface area is 198 Å². The van der Waals surface area contributed by atoms with Crippen LogP contribution in [0.2, 0.25) is 10.0 Å². The maximum atomic E-state index is 12.2. The van der Waals surface area contributed by atoms with Gasteiger partial charge in [0.25, 0.3) is 0 Å². The lowest BCUT2D eigenvalue weighted by Gasteiger charge is -2.24. The van der Waals surface area contributed by atoms with Crippen LogP contribution in [0.4, 0.5) is 22.2 Å². The molecular formula is C22H30Cl2N6O2. The summed E-state index contributed by atoms with van der Waals surface area (Å²) in [6.45, 7) is 9.50. The molecule has 0 unspecified atom stereocenters. The molecule has 8 nitrogen and oxygen atoms in total. The Kier molecular flexibility index (Phi) is 7.56. The average molecular weight is 481 g/mol. The van der Waals surface area contributed by atoms with Gasteiger partial charge >= 0.3 is 6.09 Å². The average Bonchev–Trinajstić information content (AvgIpc) is 3.18. The minimum atomic E-state index is -0.499. The molecule has 3 rings (SSSR count). The van der Waals surface area contributed by atoms with Gasteiger partial charge in [0.05, 0.1) is 17.9 Å². The second kappa shape index (κ2) is 10.0. The Bertz CT molecular complexity index is 966. The monoisotopic (exact) mass is 480 g/mol. The zero-order valence-corrected chi connectivity index (χ0v) is 20.3. The summed E-state index contributed by atoms with van der Waals surface area (Å²) in [6, 6.07) is 5.15. The Morgan fingerprint density at radius 1 is 1.38 bits per heavy atom. The van der Waals surface area contributed by atoms with E-state index in [0.29, 0.717) is 47.1 Å². The van der Waals surface area contributed by atoms with Crippen molar-refractivity contribution in [3.63, 3.8) is 0 Å². The molecular weight excluding hydrogens is 451 g/mol. The highest BCUT2D eigenvalue weighted by atomic mass is 35.5. The van der Waals surface area contributed by atoms with Gasteiger partial charge in [-0.1, -0.05) is 23.2 Å². The summed E-state index contributed by atoms with van der Waals surface area (Å²) in [5.74, 6) is 1.25. The van der Waals surface area contributed by atoms with Crippen molar-refractivity contribution in [2.75, 3.05) is 36.0 Å². The molecule has 1 fully saturated rings. The van der Waals surface area contributed by atoms with Crippen molar-refractivity contribution >= 4 is 46.7 Å². The number of likely N-dealkylation sites (tertiary alicyclic amines) is 1. The Balaban J connectivity index is 1.58. The number of hydrogen-bond acceptors (Lipinski definition) is 7. The maximum Gasteiger partial charge on any atom is 0.410 e. The van der Waals surface area contributed by atoms with Crippen molar-refractivity contribution in [1.29, 1.82) is 0 Å². The highest BCUT2D eigenvalue weighted by Gasteiger charge is 2.29. The molecule has 1 aliphatic heterocycles. The highest BCUT2D eigenvalue weighted by Crippen LogP contribution is 2.30. The van der Waals surface area contributed by atoms with E-state index in [1.807, 2.05) is 33.8 Å². The van der Waals surface area contributed by atoms with Crippen LogP contribution in [0.3, 0.4) is 0 Å². The van der Waals surface area contributed by atoms with Crippen LogP contribution in [0, 0.1) is 5.92 Å². The normalized spacial score (nSPS) is 17.2. The van der Waals surface area contributed by atoms with E-state index in [1.165, 1.54) is 0 Å². The number of amides is 1. The molecule has 2 heterocycles. The molecule has 10 heteroatoms. The molecule has 2 aromatic rings. The van der Waals surface area contributed by atoms with Crippen molar-refractivity contribution in [2.24, 2.45) is 5.92 Å². The van der Waals surface area contributed by atoms with E-state index in [2.05, 4.69) is 20.6 Å². The van der Waals surface area contributed by atoms with Gasteiger partial charge in [-0.3, -0.25) is 0 Å². The maximum absolute atomic E-state index is 12.2. The number of nitrogens with zero attached hydrogens (tertiary/aromatic N) is 3. The fraction of sp³-hybridized carbons (Fsp3) is 0.500. The van der Waals surface area contributed by atoms with Gasteiger partial charge < -0.3 is 26.0 Å². The molecule has 0 spiro atoms. The molecule has 32 heavy (non-hydrogen) atoms. The summed E-state index contributed by atoms with van der Waals surface area (Å²) in [5.41, 5.74) is 6.85. The smallest absolute Gasteiger partial charge is 0.410 e. The molecule has 1 saturated heterocycles. The number of anilines is 3. The number of nitrogens with two attached hydrogens (primary N) is 1. The van der Waals surface area contributed by atoms with E-state index in [4.69, 9.17) is 33.7 Å². The fourth-order valence-electron chi connectivity index (χ4n) is 3.45. The third kappa shape index (κ3) is 6.53. The lowest BCUT2D eigenvalue weighted by molar-refractivity contribution is 0.0289. The minimum Gasteiger partial charge on any atom is -0.444 e. The number of rotatable bonds is 6. The largest absolute Gasteiger partial charge is 0.444 e. The van der Waals surface area contributed by atoms with Crippen LogP contribution < -0.4 is 16.4 Å². The number of nitrogen functional groups attached to an aromatic ring is 1. The lowest BCUT2D eigenvalue weighted by atomic mass is 10.1. The molecule has 0 radical (unpaired) electrons. The number of halogens is 2. The summed E-state index contributed by atoms with van der Waals surface area (Å²) in [5, 5.41) is 7.74. The number of aromatic nitrogens is 2. The minimum absolute atomic E-state index is 0.163. The SMILES string of the molecule is C[C@@H](Nc1nc(NC[C@@H]2CCN(C(=O)OC(C)(C)C)C2)ncc1N)c1cc(Cl)ccc1Cl. The number of benzene rings is 1. The Morgan fingerprint density at radius 3 is 2.84 bits per heavy atom. The van der Waals surface area contributed by atoms with Gasteiger partial charge in [0.1, 0.15) is 5.60 Å². The summed E-state index contributed by atoms with van der Waals surface area (Å²) in [7, 11) is 0. The standard InChI is InChI=1S/C22H30Cl2N6O2/c1-13(16-9-15(23)5-6-17(16)24)28-19-18(25)11-27-20(29-19)26-10-14-7-8-30(12-14)21(31)32-22(2,3)4/h5-6,9,11,13-14H,7-8,10,12,25H2,1-4H3,(H2,26,27,28,29)/t13-,14+/m1/s1. The van der Waals surface area contributed by atoms with Crippen LogP contribution in [0.1, 0.15) is 45.7 Å². The van der Waals surface area contributed by atoms with E-state index in [-0.39, 0.29) is 18.1 Å². The molecule has 0 saturated carbocycles. The quantitative estimate of drug-likeness (QED) is 0.520. The predicted molar refractivity (Wildman–Crippen MR) is 129 cm³/mol. The van der Waals surface area contributed by atoms with Gasteiger partial charge in [0, 0.05) is 29.7 Å². The first-order valence-electron chi connectivity index (χ1n) is 10.6. The first-order chi connectivity index (χ1) is 15.0. The van der Waals surface area contributed by atoms with Crippen LogP contribution in [-0.2, 0) is 4.74 Å². The van der Waals surface area contributed by atoms with Crippen molar-refractivity contribution in [3.05, 3.63) is 40.0 Å². The molecule has 0 aliphatic carbocycles. The molecule has 1 aromatic carbocycles. The van der Waals surface area contributed by atoms with Crippen molar-refractivity contribution in [3.8, 4) is 0 Å². The van der Waals surface area contributed by atoms with Gasteiger partial charge in [-0.15, -0.1) is 0 Å². The van der Waals surface area contributed by atoms with Crippen LogP contribution >= 0.6 is 23.2 Å². The predicted octanol–water partition coefficient (Wildman–Crippen LogP) is 5.21. The molecule has 1 aromatic heterocycles. The summed E-state index contributed by atoms with van der Waals surface area (Å²) >= 11 is 12.4. The number of carbonyl (C=O) groups is 1. The zero-order valence-electron chi connectivity index (χ0n) is 18.8. The van der Waals surface area contributed by atoms with E-state index in [9.17, 15) is 4.79 Å². The molecule has 174 valence electrons. The zero-order chi connectivity index (χ0) is 23.5. The van der Waals surface area contributed by atoms with Gasteiger partial charge in [-0.05, 0) is 63.8 Å². The van der Waals surface area contributed by atoms with E-state index < -0.39 is 5.60 Å². The Hall–Kier alpha value is -2.45. The summed E-state index contributed by atoms with van der Waals surface area (Å²) in [4.78, 5) is 22.8. The van der Waals surface area contributed by atoms with Crippen molar-refractivity contribution < 1.29 is 9.53 Å². The van der Waals surface area contributed by atoms with Crippen LogP contribution in [0.15, 0.2) is 24.4 Å². The van der Waals surface area contributed by atoms with E-state index in [1.54, 1.807) is 23.2 Å². The summed E-state index contributed by atoms with van der Waals surface area (Å²) < 4.78 is 5.45. The molecule has 1 aliphatic rings. The lowest BCUT2D eigenvalue weighted by Crippen LogP contribution is -2.35. The fourth-order valence-corrected chi connectivity index (χ4v) is 3.91. The van der Waals surface area contributed by atoms with E-state index >= 15 is 0 Å². The third-order valence-corrected chi connectivity index (χ3v) is 5.66. The number of ether oxygens (including phenoxy) is 1. The number of hydrogen-bond donors (Lipinski definition) is 3. The first kappa shape index (κ1) is 24.2. The molecule has 1 amide bonds. The van der Waals surface area contributed by atoms with Crippen LogP contribution in [0.25, 0.3) is 0 Å². The number of nitrogens with one attached hydrogen (secondary N) is 2. The molecule has 2 atom stereocenters. The van der Waals surface area contributed by atoms with Crippen LogP contribution in [-0.4, -0.2) is 46.2 Å². The third-order valence-electron chi connectivity index (χ3n) is 5.08. The topological polar surface area (TPSA) is 105 Å². The molecule has 4 N–H and O–H groups in total. The van der Waals surface area contributed by atoms with Gasteiger partial charge in [-0.25, -0.2) is 9.78 Å². The van der Waals surface area contributed by atoms with E-state index in [0.717, 1.165) is 12.0 Å². The van der Waals surface area contributed by atoms with Crippen molar-refractivity contribution in [2.45, 2.75) is 45.8 Å². The second-order valence-electron chi connectivity index (χ2n) is 8.99. The Morgan fingerprint density at radius 2 is 2.12 bits per heavy atom. The van der Waals surface area contributed by atoms with Gasteiger partial charge in [-0.2, -0.15) is 4.98 Å². The van der Waals surface area contributed by atoms with Gasteiger partial charge in [0.15, 0.2) is 5.82 Å². The van der Waals surface area contributed by atoms with Crippen LogP contribution in [0.5, 0.6) is 0 Å². The highest BCUT2D eigenvalue weighted by molar-refractivity contribution is 6.33. The number of carbonyl (C=O) groups excluding carboxylic acids is 1. The van der Waals surface area contributed by atoms with Crippen molar-refractivity contribution in [1.82, 2.24) is 14.9 Å². The van der Waals surface area contributed by atoms with Gasteiger partial charge in [0.2, 0.25) is 5.95 Å².